The van der Waals surface area contributed by atoms with Gasteiger partial charge in [0.15, 0.2) is 0 Å². The van der Waals surface area contributed by atoms with Gasteiger partial charge in [-0.05, 0) is 13.8 Å². The normalized spacial score (nSPS) is 14.3. The Morgan fingerprint density at radius 2 is 2.00 bits per heavy atom. The topological polar surface area (TPSA) is 9.23 Å². The van der Waals surface area contributed by atoms with Gasteiger partial charge in [-0.15, -0.1) is 0 Å². The smallest absolute Gasteiger partial charge is 0.0603 e. The van der Waals surface area contributed by atoms with Crippen molar-refractivity contribution in [2.75, 3.05) is 11.9 Å². The summed E-state index contributed by atoms with van der Waals surface area (Å²) >= 11 is 6.77. The molecule has 3 heteroatoms. The monoisotopic (exact) mass is 258 g/mol. The van der Waals surface area contributed by atoms with E-state index in [4.69, 9.17) is 4.74 Å². The lowest BCUT2D eigenvalue weighted by atomic mass is 10.4. The van der Waals surface area contributed by atoms with Gasteiger partial charge in [-0.2, -0.15) is 0 Å². The van der Waals surface area contributed by atoms with Gasteiger partial charge in [-0.3, -0.25) is 0 Å². The molecule has 0 fully saturated rings. The molecule has 0 radical (unpaired) electrons. The first kappa shape index (κ1) is 9.92. The molecule has 0 aliphatic heterocycles. The van der Waals surface area contributed by atoms with Gasteiger partial charge < -0.3 is 4.74 Å². The van der Waals surface area contributed by atoms with Crippen LogP contribution in [0.4, 0.5) is 0 Å². The van der Waals surface area contributed by atoms with Gasteiger partial charge in [-0.1, -0.05) is 31.9 Å². The van der Waals surface area contributed by atoms with Crippen LogP contribution in [0.25, 0.3) is 0 Å². The van der Waals surface area contributed by atoms with Crippen LogP contribution in [0.15, 0.2) is 0 Å². The molecule has 0 saturated carbocycles. The van der Waals surface area contributed by atoms with Gasteiger partial charge in [0.1, 0.15) is 0 Å². The Kier molecular flexibility index (Phi) is 6.27. The fourth-order valence-electron chi connectivity index (χ4n) is 0.341. The van der Waals surface area contributed by atoms with Crippen molar-refractivity contribution in [3.8, 4) is 0 Å². The molecule has 1 atom stereocenters. The minimum absolute atomic E-state index is 0.337. The van der Waals surface area contributed by atoms with Crippen LogP contribution in [-0.2, 0) is 4.74 Å². The van der Waals surface area contributed by atoms with Crippen LogP contribution >= 0.6 is 31.9 Å². The molecule has 0 rings (SSSR count). The third kappa shape index (κ3) is 6.81. The first-order valence-corrected chi connectivity index (χ1v) is 5.02. The molecule has 1 unspecified atom stereocenters. The number of alkyl halides is 2. The molecule has 0 saturated heterocycles. The highest BCUT2D eigenvalue weighted by atomic mass is 79.9. The van der Waals surface area contributed by atoms with Gasteiger partial charge in [-0.25, -0.2) is 0 Å². The number of halogens is 2. The Morgan fingerprint density at radius 3 is 2.33 bits per heavy atom. The second-order valence-electron chi connectivity index (χ2n) is 2.13. The van der Waals surface area contributed by atoms with Gasteiger partial charge in [0.05, 0.1) is 12.7 Å². The van der Waals surface area contributed by atoms with E-state index in [0.29, 0.717) is 10.9 Å². The van der Waals surface area contributed by atoms with E-state index in [1.54, 1.807) is 0 Å². The maximum atomic E-state index is 5.32. The highest BCUT2D eigenvalue weighted by Crippen LogP contribution is 2.04. The average Bonchev–Trinajstić information content (AvgIpc) is 1.83. The molecule has 0 spiro atoms. The summed E-state index contributed by atoms with van der Waals surface area (Å²) in [6, 6.07) is 0. The van der Waals surface area contributed by atoms with Crippen LogP contribution in [0.2, 0.25) is 0 Å². The molecule has 0 aromatic rings. The highest BCUT2D eigenvalue weighted by Gasteiger charge is 2.01. The highest BCUT2D eigenvalue weighted by molar-refractivity contribution is 9.12. The number of rotatable bonds is 4. The lowest BCUT2D eigenvalue weighted by molar-refractivity contribution is 0.0834. The van der Waals surface area contributed by atoms with Gasteiger partial charge in [0.25, 0.3) is 0 Å². The van der Waals surface area contributed by atoms with Crippen molar-refractivity contribution < 1.29 is 4.74 Å². The van der Waals surface area contributed by atoms with Crippen molar-refractivity contribution in [3.05, 3.63) is 0 Å². The zero-order valence-corrected chi connectivity index (χ0v) is 8.91. The van der Waals surface area contributed by atoms with E-state index in [1.807, 2.05) is 13.8 Å². The summed E-state index contributed by atoms with van der Waals surface area (Å²) in [6.07, 6.45) is 0.337. The lowest BCUT2D eigenvalue weighted by Gasteiger charge is -2.09. The number of hydrogen-bond donors (Lipinski definition) is 0. The summed E-state index contributed by atoms with van der Waals surface area (Å²) in [4.78, 5) is 0.444. The van der Waals surface area contributed by atoms with Crippen LogP contribution in [0.3, 0.4) is 0 Å². The SMILES string of the molecule is CC(C)OCC(Br)CBr. The second-order valence-corrected chi connectivity index (χ2v) is 4.08. The van der Waals surface area contributed by atoms with Gasteiger partial charge >= 0.3 is 0 Å². The first-order valence-electron chi connectivity index (χ1n) is 2.98. The summed E-state index contributed by atoms with van der Waals surface area (Å²) < 4.78 is 5.32. The van der Waals surface area contributed by atoms with Crippen LogP contribution in [0.5, 0.6) is 0 Å². The van der Waals surface area contributed by atoms with Crippen molar-refractivity contribution in [1.82, 2.24) is 0 Å². The van der Waals surface area contributed by atoms with E-state index in [-0.39, 0.29) is 0 Å². The third-order valence-corrected chi connectivity index (χ3v) is 3.02. The summed E-state index contributed by atoms with van der Waals surface area (Å²) in [7, 11) is 0. The predicted molar refractivity (Wildman–Crippen MR) is 47.6 cm³/mol. The zero-order chi connectivity index (χ0) is 7.28. The molecule has 0 heterocycles. The Morgan fingerprint density at radius 1 is 1.44 bits per heavy atom. The maximum absolute atomic E-state index is 5.32. The molecular formula is C6H12Br2O. The minimum Gasteiger partial charge on any atom is -0.378 e. The van der Waals surface area contributed by atoms with Crippen LogP contribution < -0.4 is 0 Å². The van der Waals surface area contributed by atoms with Crippen molar-refractivity contribution in [2.24, 2.45) is 0 Å². The summed E-state index contributed by atoms with van der Waals surface area (Å²) in [5.74, 6) is 0. The van der Waals surface area contributed by atoms with Crippen molar-refractivity contribution in [2.45, 2.75) is 24.8 Å². The molecule has 56 valence electrons. The van der Waals surface area contributed by atoms with Crippen LogP contribution in [-0.4, -0.2) is 22.9 Å². The standard InChI is InChI=1S/C6H12Br2O/c1-5(2)9-4-6(8)3-7/h5-6H,3-4H2,1-2H3. The summed E-state index contributed by atoms with van der Waals surface area (Å²) in [6.45, 7) is 4.85. The Labute approximate surface area is 73.4 Å². The van der Waals surface area contributed by atoms with Crippen LogP contribution in [0.1, 0.15) is 13.8 Å². The average molecular weight is 260 g/mol. The quantitative estimate of drug-likeness (QED) is 0.706. The van der Waals surface area contributed by atoms with Crippen molar-refractivity contribution in [3.63, 3.8) is 0 Å². The molecule has 0 amide bonds. The van der Waals surface area contributed by atoms with E-state index < -0.39 is 0 Å². The molecule has 0 aromatic heterocycles. The van der Waals surface area contributed by atoms with Gasteiger partial charge in [0.2, 0.25) is 0 Å². The largest absolute Gasteiger partial charge is 0.378 e. The molecule has 0 N–H and O–H groups in total. The summed E-state index contributed by atoms with van der Waals surface area (Å²) in [5, 5.41) is 0.944. The predicted octanol–water partition coefficient (Wildman–Crippen LogP) is 2.57. The van der Waals surface area contributed by atoms with E-state index in [2.05, 4.69) is 31.9 Å². The minimum atomic E-state index is 0.337. The van der Waals surface area contributed by atoms with Crippen molar-refractivity contribution >= 4 is 31.9 Å². The molecule has 0 bridgehead atoms. The third-order valence-electron chi connectivity index (χ3n) is 0.778. The van der Waals surface area contributed by atoms with Gasteiger partial charge in [0, 0.05) is 10.2 Å². The van der Waals surface area contributed by atoms with E-state index >= 15 is 0 Å². The first-order chi connectivity index (χ1) is 4.16. The summed E-state index contributed by atoms with van der Waals surface area (Å²) in [5.41, 5.74) is 0. The fourth-order valence-corrected chi connectivity index (χ4v) is 0.681. The van der Waals surface area contributed by atoms with E-state index in [9.17, 15) is 0 Å². The van der Waals surface area contributed by atoms with Crippen molar-refractivity contribution in [1.29, 1.82) is 0 Å². The van der Waals surface area contributed by atoms with E-state index in [1.165, 1.54) is 0 Å². The van der Waals surface area contributed by atoms with E-state index in [0.717, 1.165) is 11.9 Å². The van der Waals surface area contributed by atoms with Crippen LogP contribution in [0, 0.1) is 0 Å². The molecule has 0 aliphatic carbocycles. The molecule has 0 aliphatic rings. The lowest BCUT2D eigenvalue weighted by Crippen LogP contribution is -2.13. The second kappa shape index (κ2) is 5.69. The zero-order valence-electron chi connectivity index (χ0n) is 5.73. The Balaban J connectivity index is 3.06. The molecule has 1 nitrogen and oxygen atoms in total. The molecule has 9 heavy (non-hydrogen) atoms. The Hall–Kier alpha value is 0.920. The fraction of sp³-hybridized carbons (Fsp3) is 1.00. The molecular weight excluding hydrogens is 248 g/mol. The number of hydrogen-bond acceptors (Lipinski definition) is 1. The Bertz CT molecular complexity index is 66.1. The molecule has 0 aromatic carbocycles. The number of ether oxygens (including phenoxy) is 1. The maximum Gasteiger partial charge on any atom is 0.0603 e.